The number of hydrogen-bond donors (Lipinski definition) is 0. The number of ether oxygens (including phenoxy) is 1. The Morgan fingerprint density at radius 3 is 1.62 bits per heavy atom. The lowest BCUT2D eigenvalue weighted by Crippen LogP contribution is -1.95. The quantitative estimate of drug-likeness (QED) is 0.270. The average molecular weight is 435 g/mol. The van der Waals surface area contributed by atoms with Crippen molar-refractivity contribution in [3.63, 3.8) is 0 Å². The lowest BCUT2D eigenvalue weighted by molar-refractivity contribution is 0.420. The molecular weight excluding hydrogens is 412 g/mol. The van der Waals surface area contributed by atoms with Gasteiger partial charge in [-0.15, -0.1) is 0 Å². The van der Waals surface area contributed by atoms with Crippen LogP contribution in [-0.4, -0.2) is 7.11 Å². The number of rotatable bonds is 3. The molecule has 0 heterocycles. The Morgan fingerprint density at radius 1 is 0.441 bits per heavy atom. The molecule has 6 aromatic rings. The maximum Gasteiger partial charge on any atom is 0.127 e. The molecule has 0 saturated heterocycles. The minimum Gasteiger partial charge on any atom is -0.496 e. The van der Waals surface area contributed by atoms with Gasteiger partial charge < -0.3 is 4.74 Å². The van der Waals surface area contributed by atoms with Crippen molar-refractivity contribution in [1.29, 1.82) is 0 Å². The first-order valence-corrected chi connectivity index (χ1v) is 11.7. The van der Waals surface area contributed by atoms with Gasteiger partial charge >= 0.3 is 0 Å². The van der Waals surface area contributed by atoms with E-state index in [1.807, 2.05) is 0 Å². The summed E-state index contributed by atoms with van der Waals surface area (Å²) in [7, 11) is 1.77. The van der Waals surface area contributed by atoms with E-state index in [0.29, 0.717) is 0 Å². The fraction of sp³-hybridized carbons (Fsp3) is 0.0303. The summed E-state index contributed by atoms with van der Waals surface area (Å²) in [4.78, 5) is 0. The van der Waals surface area contributed by atoms with Crippen molar-refractivity contribution < 1.29 is 4.74 Å². The molecule has 0 saturated carbocycles. The predicted octanol–water partition coefficient (Wildman–Crippen LogP) is 8.98. The molecule has 34 heavy (non-hydrogen) atoms. The average Bonchev–Trinajstić information content (AvgIpc) is 3.24. The van der Waals surface area contributed by atoms with Gasteiger partial charge in [0.2, 0.25) is 0 Å². The molecule has 1 aliphatic rings. The van der Waals surface area contributed by atoms with Crippen LogP contribution in [0.15, 0.2) is 115 Å². The molecule has 7 rings (SSSR count). The lowest BCUT2D eigenvalue weighted by Gasteiger charge is -2.21. The molecule has 1 nitrogen and oxygen atoms in total. The molecule has 0 amide bonds. The Balaban J connectivity index is 1.80. The second kappa shape index (κ2) is 7.33. The van der Waals surface area contributed by atoms with Gasteiger partial charge in [-0.1, -0.05) is 109 Å². The van der Waals surface area contributed by atoms with Crippen molar-refractivity contribution in [2.75, 3.05) is 7.11 Å². The van der Waals surface area contributed by atoms with Gasteiger partial charge in [0, 0.05) is 10.9 Å². The highest BCUT2D eigenvalue weighted by Gasteiger charge is 2.31. The first-order chi connectivity index (χ1) is 16.9. The fourth-order valence-corrected chi connectivity index (χ4v) is 5.77. The molecule has 0 atom stereocenters. The highest BCUT2D eigenvalue weighted by Crippen LogP contribution is 2.58. The number of methoxy groups -OCH3 is 1. The summed E-state index contributed by atoms with van der Waals surface area (Å²) in [5.41, 5.74) is 10.2. The van der Waals surface area contributed by atoms with Crippen molar-refractivity contribution in [2.45, 2.75) is 0 Å². The first-order valence-electron chi connectivity index (χ1n) is 11.7. The van der Waals surface area contributed by atoms with Crippen LogP contribution in [0.25, 0.3) is 66.1 Å². The van der Waals surface area contributed by atoms with E-state index in [1.165, 1.54) is 66.1 Å². The van der Waals surface area contributed by atoms with Crippen molar-refractivity contribution in [1.82, 2.24) is 0 Å². The highest BCUT2D eigenvalue weighted by molar-refractivity contribution is 6.28. The maximum atomic E-state index is 5.99. The second-order valence-electron chi connectivity index (χ2n) is 8.82. The summed E-state index contributed by atoms with van der Waals surface area (Å²) in [6, 6.07) is 41.3. The number of fused-ring (bicyclic) bond motifs is 4. The van der Waals surface area contributed by atoms with Gasteiger partial charge in [-0.2, -0.15) is 0 Å². The van der Waals surface area contributed by atoms with E-state index in [1.54, 1.807) is 7.11 Å². The highest BCUT2D eigenvalue weighted by atomic mass is 16.5. The molecule has 1 heteroatoms. The van der Waals surface area contributed by atoms with E-state index in [9.17, 15) is 0 Å². The molecule has 160 valence electrons. The standard InChI is InChI=1S/C33H22O/c1-34-27-20-10-19-26-29(22-11-4-2-5-12-22)32-24-17-8-15-21-16-9-18-25(28(21)24)33(32)30(31(26)27)23-13-6-3-7-14-23/h2-20H,1H3. The molecule has 0 aromatic heterocycles. The summed E-state index contributed by atoms with van der Waals surface area (Å²) < 4.78 is 5.99. The van der Waals surface area contributed by atoms with Crippen molar-refractivity contribution in [2.24, 2.45) is 0 Å². The normalized spacial score (nSPS) is 11.7. The van der Waals surface area contributed by atoms with Crippen LogP contribution in [0, 0.1) is 0 Å². The molecular formula is C33H22O. The molecule has 0 unspecified atom stereocenters. The van der Waals surface area contributed by atoms with Crippen LogP contribution >= 0.6 is 0 Å². The minimum atomic E-state index is 0.902. The van der Waals surface area contributed by atoms with Crippen LogP contribution in [0.1, 0.15) is 0 Å². The Kier molecular flexibility index (Phi) is 4.13. The Hall–Kier alpha value is -4.36. The Labute approximate surface area is 198 Å². The van der Waals surface area contributed by atoms with Gasteiger partial charge in [0.05, 0.1) is 7.11 Å². The third kappa shape index (κ3) is 2.55. The van der Waals surface area contributed by atoms with E-state index >= 15 is 0 Å². The van der Waals surface area contributed by atoms with E-state index < -0.39 is 0 Å². The summed E-state index contributed by atoms with van der Waals surface area (Å²) in [6.07, 6.45) is 0. The van der Waals surface area contributed by atoms with Gasteiger partial charge in [0.25, 0.3) is 0 Å². The SMILES string of the molecule is COc1cccc2c(-c3ccccc3)c3c(c(-c4ccccc4)c12)-c1cccc2cccc-3c12. The zero-order valence-corrected chi connectivity index (χ0v) is 18.9. The predicted molar refractivity (Wildman–Crippen MR) is 143 cm³/mol. The van der Waals surface area contributed by atoms with Crippen LogP contribution in [0.3, 0.4) is 0 Å². The van der Waals surface area contributed by atoms with E-state index in [0.717, 1.165) is 5.75 Å². The van der Waals surface area contributed by atoms with Crippen LogP contribution in [0.2, 0.25) is 0 Å². The van der Waals surface area contributed by atoms with Gasteiger partial charge in [-0.05, 0) is 61.2 Å². The number of hydrogen-bond acceptors (Lipinski definition) is 1. The van der Waals surface area contributed by atoms with Crippen LogP contribution in [0.4, 0.5) is 0 Å². The Morgan fingerprint density at radius 2 is 1.00 bits per heavy atom. The third-order valence-corrected chi connectivity index (χ3v) is 7.08. The van der Waals surface area contributed by atoms with Gasteiger partial charge in [-0.25, -0.2) is 0 Å². The third-order valence-electron chi connectivity index (χ3n) is 7.08. The van der Waals surface area contributed by atoms with Crippen LogP contribution in [-0.2, 0) is 0 Å². The maximum absolute atomic E-state index is 5.99. The summed E-state index contributed by atoms with van der Waals surface area (Å²) in [5.74, 6) is 0.902. The van der Waals surface area contributed by atoms with Crippen molar-refractivity contribution >= 4 is 21.5 Å². The molecule has 6 aromatic carbocycles. The molecule has 0 N–H and O–H groups in total. The van der Waals surface area contributed by atoms with Crippen LogP contribution in [0.5, 0.6) is 5.75 Å². The summed E-state index contributed by atoms with van der Waals surface area (Å²) in [5, 5.41) is 5.00. The lowest BCUT2D eigenvalue weighted by atomic mass is 9.82. The largest absolute Gasteiger partial charge is 0.496 e. The molecule has 1 aliphatic carbocycles. The fourth-order valence-electron chi connectivity index (χ4n) is 5.77. The summed E-state index contributed by atoms with van der Waals surface area (Å²) >= 11 is 0. The second-order valence-corrected chi connectivity index (χ2v) is 8.82. The molecule has 0 bridgehead atoms. The van der Waals surface area contributed by atoms with Gasteiger partial charge in [-0.3, -0.25) is 0 Å². The smallest absolute Gasteiger partial charge is 0.127 e. The van der Waals surface area contributed by atoms with Gasteiger partial charge in [0.15, 0.2) is 0 Å². The number of benzene rings is 6. The topological polar surface area (TPSA) is 9.23 Å². The molecule has 0 radical (unpaired) electrons. The van der Waals surface area contributed by atoms with Gasteiger partial charge in [0.1, 0.15) is 5.75 Å². The molecule has 0 fully saturated rings. The van der Waals surface area contributed by atoms with Crippen molar-refractivity contribution in [3.05, 3.63) is 115 Å². The minimum absolute atomic E-state index is 0.902. The zero-order valence-electron chi connectivity index (χ0n) is 18.9. The molecule has 0 spiro atoms. The van der Waals surface area contributed by atoms with E-state index in [-0.39, 0.29) is 0 Å². The van der Waals surface area contributed by atoms with Crippen molar-refractivity contribution in [3.8, 4) is 50.3 Å². The summed E-state index contributed by atoms with van der Waals surface area (Å²) in [6.45, 7) is 0. The van der Waals surface area contributed by atoms with E-state index in [4.69, 9.17) is 4.74 Å². The Bertz CT molecular complexity index is 1710. The zero-order chi connectivity index (χ0) is 22.6. The van der Waals surface area contributed by atoms with E-state index in [2.05, 4.69) is 115 Å². The monoisotopic (exact) mass is 434 g/mol. The first kappa shape index (κ1) is 19.1. The van der Waals surface area contributed by atoms with Crippen LogP contribution < -0.4 is 4.74 Å². The molecule has 0 aliphatic heterocycles.